The maximum atomic E-state index is 5.62. The van der Waals surface area contributed by atoms with Gasteiger partial charge in [0.05, 0.1) is 0 Å². The average Bonchev–Trinajstić information content (AvgIpc) is 2.73. The molecule has 2 aromatic heterocycles. The molecule has 0 saturated heterocycles. The van der Waals surface area contributed by atoms with Crippen LogP contribution in [0, 0.1) is 0 Å². The van der Waals surface area contributed by atoms with Gasteiger partial charge < -0.3 is 28.3 Å². The highest BCUT2D eigenvalue weighted by Crippen LogP contribution is 2.17. The predicted molar refractivity (Wildman–Crippen MR) is 125 cm³/mol. The molecule has 0 aliphatic heterocycles. The summed E-state index contributed by atoms with van der Waals surface area (Å²) in [6.45, 7) is 0. The lowest BCUT2D eigenvalue weighted by molar-refractivity contribution is 0.939. The van der Waals surface area contributed by atoms with Crippen molar-refractivity contribution in [2.75, 3.05) is 28.3 Å². The maximum absolute atomic E-state index is 5.62. The molecule has 32 heavy (non-hydrogen) atoms. The van der Waals surface area contributed by atoms with E-state index in [1.807, 2.05) is 60.7 Å². The van der Waals surface area contributed by atoms with Crippen molar-refractivity contribution in [3.8, 4) is 0 Å². The number of anilines is 6. The first-order valence-corrected chi connectivity index (χ1v) is 9.60. The third-order valence-electron chi connectivity index (χ3n) is 4.36. The van der Waals surface area contributed by atoms with Gasteiger partial charge >= 0.3 is 0 Å². The van der Waals surface area contributed by atoms with Crippen LogP contribution in [0.4, 0.5) is 35.4 Å². The zero-order valence-corrected chi connectivity index (χ0v) is 17.0. The Morgan fingerprint density at radius 2 is 1.06 bits per heavy atom. The molecule has 11 nitrogen and oxygen atoms in total. The third kappa shape index (κ3) is 5.42. The van der Waals surface area contributed by atoms with Crippen LogP contribution in [0.2, 0.25) is 0 Å². The monoisotopic (exact) mass is 427 g/mol. The van der Waals surface area contributed by atoms with E-state index < -0.39 is 0 Å². The summed E-state index contributed by atoms with van der Waals surface area (Å²) < 4.78 is 0. The van der Waals surface area contributed by atoms with Crippen LogP contribution in [0.25, 0.3) is 12.2 Å². The second kappa shape index (κ2) is 8.92. The van der Waals surface area contributed by atoms with E-state index in [4.69, 9.17) is 22.9 Å². The molecule has 0 bridgehead atoms. The molecule has 0 saturated carbocycles. The molecule has 2 heterocycles. The number of benzene rings is 2. The van der Waals surface area contributed by atoms with E-state index in [-0.39, 0.29) is 23.8 Å². The molecule has 0 unspecified atom stereocenters. The number of nitrogen functional groups attached to an aromatic ring is 4. The van der Waals surface area contributed by atoms with E-state index >= 15 is 0 Å². The lowest BCUT2D eigenvalue weighted by Crippen LogP contribution is -2.07. The van der Waals surface area contributed by atoms with Crippen molar-refractivity contribution >= 4 is 47.6 Å². The summed E-state index contributed by atoms with van der Waals surface area (Å²) in [5.41, 5.74) is 26.3. The van der Waals surface area contributed by atoms with Gasteiger partial charge in [-0.25, -0.2) is 0 Å². The van der Waals surface area contributed by atoms with Gasteiger partial charge in [-0.2, -0.15) is 29.9 Å². The predicted octanol–water partition coefficient (Wildman–Crippen LogP) is 1.89. The number of nitrogens with one attached hydrogen (secondary N) is 1. The highest BCUT2D eigenvalue weighted by Gasteiger charge is 2.04. The Labute approximate surface area is 183 Å². The largest absolute Gasteiger partial charge is 0.368 e. The van der Waals surface area contributed by atoms with Crippen molar-refractivity contribution in [3.63, 3.8) is 0 Å². The molecular weight excluding hydrogens is 406 g/mol. The highest BCUT2D eigenvalue weighted by atomic mass is 15.2. The molecule has 0 radical (unpaired) electrons. The van der Waals surface area contributed by atoms with Crippen molar-refractivity contribution in [2.45, 2.75) is 6.42 Å². The van der Waals surface area contributed by atoms with E-state index in [0.29, 0.717) is 18.2 Å². The fourth-order valence-corrected chi connectivity index (χ4v) is 2.93. The van der Waals surface area contributed by atoms with Crippen molar-refractivity contribution in [1.82, 2.24) is 29.9 Å². The molecule has 9 N–H and O–H groups in total. The lowest BCUT2D eigenvalue weighted by Gasteiger charge is -2.06. The molecular formula is C21H21N11. The third-order valence-corrected chi connectivity index (χ3v) is 4.36. The van der Waals surface area contributed by atoms with Crippen molar-refractivity contribution in [3.05, 3.63) is 71.0 Å². The Bertz CT molecular complexity index is 1110. The highest BCUT2D eigenvalue weighted by molar-refractivity contribution is 5.71. The Morgan fingerprint density at radius 1 is 0.594 bits per heavy atom. The number of hydrogen-bond donors (Lipinski definition) is 5. The van der Waals surface area contributed by atoms with Gasteiger partial charge in [0, 0.05) is 12.1 Å². The Hall–Kier alpha value is -4.80. The SMILES string of the molecule is Nc1nc(N)nc(Cc2ccc(/C=C/c3ccc(Nc4nc(N)nc(N)n4)cc3)cc2)n1. The van der Waals surface area contributed by atoms with Crippen molar-refractivity contribution in [1.29, 1.82) is 0 Å². The van der Waals surface area contributed by atoms with Gasteiger partial charge in [0.1, 0.15) is 5.82 Å². The van der Waals surface area contributed by atoms with Gasteiger partial charge in [-0.15, -0.1) is 0 Å². The molecule has 0 aliphatic carbocycles. The molecule has 160 valence electrons. The standard InChI is InChI=1S/C21H21N11/c22-17-27-16(28-18(23)29-17)11-14-5-3-12(4-6-14)1-2-13-7-9-15(10-8-13)26-21-31-19(24)30-20(25)32-21/h1-10H,11H2,(H4,22,23,27,28,29)(H5,24,25,26,30,31,32)/b2-1+. The van der Waals surface area contributed by atoms with Crippen molar-refractivity contribution < 1.29 is 0 Å². The van der Waals surface area contributed by atoms with Gasteiger partial charge in [0.25, 0.3) is 0 Å². The summed E-state index contributed by atoms with van der Waals surface area (Å²) in [6, 6.07) is 15.8. The average molecular weight is 427 g/mol. The van der Waals surface area contributed by atoms with Gasteiger partial charge in [0.15, 0.2) is 0 Å². The molecule has 0 amide bonds. The van der Waals surface area contributed by atoms with E-state index in [2.05, 4.69) is 35.2 Å². The molecule has 4 aromatic rings. The smallest absolute Gasteiger partial charge is 0.233 e. The van der Waals surface area contributed by atoms with Crippen LogP contribution in [0.15, 0.2) is 48.5 Å². The van der Waals surface area contributed by atoms with Crippen LogP contribution in [0.5, 0.6) is 0 Å². The van der Waals surface area contributed by atoms with E-state index in [1.54, 1.807) is 0 Å². The normalized spacial score (nSPS) is 11.0. The fraction of sp³-hybridized carbons (Fsp3) is 0.0476. The Morgan fingerprint density at radius 3 is 1.59 bits per heavy atom. The first-order valence-electron chi connectivity index (χ1n) is 9.60. The molecule has 0 atom stereocenters. The van der Waals surface area contributed by atoms with E-state index in [1.165, 1.54) is 0 Å². The number of rotatable bonds is 6. The molecule has 0 spiro atoms. The quantitative estimate of drug-likeness (QED) is 0.282. The maximum Gasteiger partial charge on any atom is 0.233 e. The van der Waals surface area contributed by atoms with E-state index in [0.717, 1.165) is 22.4 Å². The van der Waals surface area contributed by atoms with Gasteiger partial charge in [-0.05, 0) is 28.8 Å². The fourth-order valence-electron chi connectivity index (χ4n) is 2.93. The van der Waals surface area contributed by atoms with Gasteiger partial charge in [0.2, 0.25) is 29.7 Å². The summed E-state index contributed by atoms with van der Waals surface area (Å²) in [5.74, 6) is 1.19. The van der Waals surface area contributed by atoms with Crippen LogP contribution in [-0.4, -0.2) is 29.9 Å². The lowest BCUT2D eigenvalue weighted by atomic mass is 10.1. The second-order valence-corrected chi connectivity index (χ2v) is 6.84. The summed E-state index contributed by atoms with van der Waals surface area (Å²) in [7, 11) is 0. The molecule has 4 rings (SSSR count). The van der Waals surface area contributed by atoms with Crippen LogP contribution < -0.4 is 28.3 Å². The first kappa shape index (κ1) is 20.5. The van der Waals surface area contributed by atoms with Crippen LogP contribution >= 0.6 is 0 Å². The van der Waals surface area contributed by atoms with Gasteiger partial charge in [-0.1, -0.05) is 48.6 Å². The van der Waals surface area contributed by atoms with E-state index in [9.17, 15) is 0 Å². The summed E-state index contributed by atoms with van der Waals surface area (Å²) in [4.78, 5) is 23.7. The van der Waals surface area contributed by atoms with Gasteiger partial charge in [-0.3, -0.25) is 0 Å². The zero-order chi connectivity index (χ0) is 22.5. The number of nitrogens with two attached hydrogens (primary N) is 4. The molecule has 11 heteroatoms. The number of hydrogen-bond acceptors (Lipinski definition) is 11. The van der Waals surface area contributed by atoms with Crippen LogP contribution in [0.3, 0.4) is 0 Å². The topological polar surface area (TPSA) is 193 Å². The van der Waals surface area contributed by atoms with Crippen LogP contribution in [-0.2, 0) is 6.42 Å². The molecule has 0 fully saturated rings. The first-order chi connectivity index (χ1) is 15.4. The summed E-state index contributed by atoms with van der Waals surface area (Å²) in [5, 5.41) is 3.04. The minimum absolute atomic E-state index is 0.0622. The Balaban J connectivity index is 1.38. The molecule has 0 aliphatic rings. The number of nitrogens with zero attached hydrogens (tertiary/aromatic N) is 6. The summed E-state index contributed by atoms with van der Waals surface area (Å²) >= 11 is 0. The van der Waals surface area contributed by atoms with Crippen molar-refractivity contribution in [2.24, 2.45) is 0 Å². The number of aromatic nitrogens is 6. The minimum atomic E-state index is 0.0622. The zero-order valence-electron chi connectivity index (χ0n) is 17.0. The minimum Gasteiger partial charge on any atom is -0.368 e. The second-order valence-electron chi connectivity index (χ2n) is 6.84. The Kier molecular flexibility index (Phi) is 5.70. The summed E-state index contributed by atoms with van der Waals surface area (Å²) in [6.07, 6.45) is 4.57. The molecule has 2 aromatic carbocycles. The van der Waals surface area contributed by atoms with Crippen LogP contribution in [0.1, 0.15) is 22.5 Å².